The van der Waals surface area contributed by atoms with Gasteiger partial charge in [0.25, 0.3) is 5.91 Å². The maximum absolute atomic E-state index is 11.7. The molecule has 0 aliphatic heterocycles. The average Bonchev–Trinajstić information content (AvgIpc) is 2.34. The first-order valence-corrected chi connectivity index (χ1v) is 6.61. The molecule has 0 aliphatic carbocycles. The number of ether oxygens (including phenoxy) is 1. The van der Waals surface area contributed by atoms with Gasteiger partial charge in [0.05, 0.1) is 12.6 Å². The van der Waals surface area contributed by atoms with Crippen molar-refractivity contribution in [3.8, 4) is 5.75 Å². The fourth-order valence-corrected chi connectivity index (χ4v) is 1.82. The summed E-state index contributed by atoms with van der Waals surface area (Å²) >= 11 is 5.84. The van der Waals surface area contributed by atoms with E-state index in [9.17, 15) is 4.79 Å². The quantitative estimate of drug-likeness (QED) is 0.842. The Morgan fingerprint density at radius 3 is 2.68 bits per heavy atom. The lowest BCUT2D eigenvalue weighted by atomic mass is 10.1. The summed E-state index contributed by atoms with van der Waals surface area (Å²) in [5.74, 6) is 0.554. The van der Waals surface area contributed by atoms with Crippen LogP contribution in [0.25, 0.3) is 0 Å². The SMILES string of the molecule is Cc1cc(Cl)ccc1OCC(=O)NC(CO)C(C)C. The zero-order valence-corrected chi connectivity index (χ0v) is 12.2. The van der Waals surface area contributed by atoms with Gasteiger partial charge in [-0.1, -0.05) is 25.4 Å². The molecule has 0 heterocycles. The van der Waals surface area contributed by atoms with Crippen molar-refractivity contribution in [2.75, 3.05) is 13.2 Å². The molecule has 1 unspecified atom stereocenters. The molecule has 1 aromatic carbocycles. The van der Waals surface area contributed by atoms with Crippen LogP contribution in [0.2, 0.25) is 5.02 Å². The van der Waals surface area contributed by atoms with Crippen molar-refractivity contribution in [1.29, 1.82) is 0 Å². The molecule has 5 heteroatoms. The molecular formula is C14H20ClNO3. The lowest BCUT2D eigenvalue weighted by Gasteiger charge is -2.20. The predicted octanol–water partition coefficient (Wildman–Crippen LogP) is 2.16. The second kappa shape index (κ2) is 7.36. The Labute approximate surface area is 118 Å². The Bertz CT molecular complexity index is 435. The van der Waals surface area contributed by atoms with E-state index in [1.807, 2.05) is 20.8 Å². The largest absolute Gasteiger partial charge is 0.484 e. The highest BCUT2D eigenvalue weighted by Gasteiger charge is 2.15. The normalized spacial score (nSPS) is 12.3. The summed E-state index contributed by atoms with van der Waals surface area (Å²) in [5, 5.41) is 12.5. The van der Waals surface area contributed by atoms with Crippen molar-refractivity contribution in [1.82, 2.24) is 5.32 Å². The molecular weight excluding hydrogens is 266 g/mol. The van der Waals surface area contributed by atoms with Gasteiger partial charge in [-0.05, 0) is 36.6 Å². The first-order chi connectivity index (χ1) is 8.93. The van der Waals surface area contributed by atoms with Gasteiger partial charge in [0.15, 0.2) is 6.61 Å². The van der Waals surface area contributed by atoms with Crippen LogP contribution in [-0.4, -0.2) is 30.3 Å². The van der Waals surface area contributed by atoms with E-state index in [-0.39, 0.29) is 31.1 Å². The summed E-state index contributed by atoms with van der Waals surface area (Å²) in [5.41, 5.74) is 0.878. The third-order valence-electron chi connectivity index (χ3n) is 2.84. The summed E-state index contributed by atoms with van der Waals surface area (Å²) in [6.45, 7) is 5.58. The molecule has 0 saturated carbocycles. The fourth-order valence-electron chi connectivity index (χ4n) is 1.59. The average molecular weight is 286 g/mol. The monoisotopic (exact) mass is 285 g/mol. The van der Waals surface area contributed by atoms with Crippen LogP contribution in [0.3, 0.4) is 0 Å². The zero-order valence-electron chi connectivity index (χ0n) is 11.4. The van der Waals surface area contributed by atoms with Gasteiger partial charge in [-0.2, -0.15) is 0 Å². The summed E-state index contributed by atoms with van der Waals surface area (Å²) < 4.78 is 5.43. The Morgan fingerprint density at radius 2 is 2.16 bits per heavy atom. The molecule has 1 rings (SSSR count). The van der Waals surface area contributed by atoms with Gasteiger partial charge < -0.3 is 15.2 Å². The van der Waals surface area contributed by atoms with E-state index in [4.69, 9.17) is 21.4 Å². The van der Waals surface area contributed by atoms with Crippen LogP contribution in [0.1, 0.15) is 19.4 Å². The van der Waals surface area contributed by atoms with E-state index in [2.05, 4.69) is 5.32 Å². The molecule has 1 aromatic rings. The standard InChI is InChI=1S/C14H20ClNO3/c1-9(2)12(7-17)16-14(18)8-19-13-5-4-11(15)6-10(13)3/h4-6,9,12,17H,7-8H2,1-3H3,(H,16,18). The summed E-state index contributed by atoms with van der Waals surface area (Å²) in [7, 11) is 0. The van der Waals surface area contributed by atoms with Gasteiger partial charge >= 0.3 is 0 Å². The van der Waals surface area contributed by atoms with Crippen LogP contribution in [0.15, 0.2) is 18.2 Å². The number of rotatable bonds is 6. The molecule has 0 aromatic heterocycles. The topological polar surface area (TPSA) is 58.6 Å². The predicted molar refractivity (Wildman–Crippen MR) is 75.5 cm³/mol. The third kappa shape index (κ3) is 5.09. The van der Waals surface area contributed by atoms with Crippen LogP contribution in [0, 0.1) is 12.8 Å². The molecule has 0 spiro atoms. The number of amides is 1. The van der Waals surface area contributed by atoms with E-state index >= 15 is 0 Å². The molecule has 0 aliphatic rings. The van der Waals surface area contributed by atoms with Gasteiger partial charge in [-0.15, -0.1) is 0 Å². The minimum absolute atomic E-state index is 0.0777. The second-order valence-corrected chi connectivity index (χ2v) is 5.24. The number of aliphatic hydroxyl groups excluding tert-OH is 1. The molecule has 4 nitrogen and oxygen atoms in total. The van der Waals surface area contributed by atoms with Crippen molar-refractivity contribution < 1.29 is 14.6 Å². The zero-order chi connectivity index (χ0) is 14.4. The van der Waals surface area contributed by atoms with E-state index in [1.54, 1.807) is 18.2 Å². The van der Waals surface area contributed by atoms with Crippen molar-refractivity contribution in [3.63, 3.8) is 0 Å². The van der Waals surface area contributed by atoms with Crippen molar-refractivity contribution >= 4 is 17.5 Å². The van der Waals surface area contributed by atoms with Gasteiger partial charge in [0.2, 0.25) is 0 Å². The number of aliphatic hydroxyl groups is 1. The van der Waals surface area contributed by atoms with Crippen LogP contribution >= 0.6 is 11.6 Å². The lowest BCUT2D eigenvalue weighted by Crippen LogP contribution is -2.43. The van der Waals surface area contributed by atoms with Gasteiger partial charge in [-0.25, -0.2) is 0 Å². The van der Waals surface area contributed by atoms with E-state index in [0.717, 1.165) is 5.56 Å². The molecule has 2 N–H and O–H groups in total. The number of hydrogen-bond donors (Lipinski definition) is 2. The fraction of sp³-hybridized carbons (Fsp3) is 0.500. The number of halogens is 1. The molecule has 1 amide bonds. The van der Waals surface area contributed by atoms with Crippen molar-refractivity contribution in [2.45, 2.75) is 26.8 Å². The van der Waals surface area contributed by atoms with Crippen LogP contribution in [-0.2, 0) is 4.79 Å². The number of benzene rings is 1. The van der Waals surface area contributed by atoms with Crippen LogP contribution in [0.5, 0.6) is 5.75 Å². The highest BCUT2D eigenvalue weighted by molar-refractivity contribution is 6.30. The van der Waals surface area contributed by atoms with Crippen LogP contribution < -0.4 is 10.1 Å². The van der Waals surface area contributed by atoms with E-state index < -0.39 is 0 Å². The summed E-state index contributed by atoms with van der Waals surface area (Å²) in [6, 6.07) is 4.98. The third-order valence-corrected chi connectivity index (χ3v) is 3.08. The summed E-state index contributed by atoms with van der Waals surface area (Å²) in [6.07, 6.45) is 0. The number of nitrogens with one attached hydrogen (secondary N) is 1. The number of carbonyl (C=O) groups is 1. The van der Waals surface area contributed by atoms with Crippen LogP contribution in [0.4, 0.5) is 0 Å². The second-order valence-electron chi connectivity index (χ2n) is 4.80. The minimum atomic E-state index is -0.248. The van der Waals surface area contributed by atoms with E-state index in [1.165, 1.54) is 0 Å². The Morgan fingerprint density at radius 1 is 1.47 bits per heavy atom. The molecule has 106 valence electrons. The molecule has 0 bridgehead atoms. The molecule has 0 fully saturated rings. The molecule has 19 heavy (non-hydrogen) atoms. The lowest BCUT2D eigenvalue weighted by molar-refractivity contribution is -0.124. The molecule has 1 atom stereocenters. The Hall–Kier alpha value is -1.26. The van der Waals surface area contributed by atoms with Gasteiger partial charge in [-0.3, -0.25) is 4.79 Å². The highest BCUT2D eigenvalue weighted by Crippen LogP contribution is 2.21. The van der Waals surface area contributed by atoms with Crippen molar-refractivity contribution in [3.05, 3.63) is 28.8 Å². The Kier molecular flexibility index (Phi) is 6.12. The summed E-state index contributed by atoms with van der Waals surface area (Å²) in [4.78, 5) is 11.7. The van der Waals surface area contributed by atoms with Gasteiger partial charge in [0, 0.05) is 5.02 Å². The first kappa shape index (κ1) is 15.8. The maximum atomic E-state index is 11.7. The number of hydrogen-bond acceptors (Lipinski definition) is 3. The number of carbonyl (C=O) groups excluding carboxylic acids is 1. The molecule has 0 saturated heterocycles. The van der Waals surface area contributed by atoms with Crippen molar-refractivity contribution in [2.24, 2.45) is 5.92 Å². The minimum Gasteiger partial charge on any atom is -0.484 e. The smallest absolute Gasteiger partial charge is 0.258 e. The highest BCUT2D eigenvalue weighted by atomic mass is 35.5. The Balaban J connectivity index is 2.50. The first-order valence-electron chi connectivity index (χ1n) is 6.23. The number of aryl methyl sites for hydroxylation is 1. The maximum Gasteiger partial charge on any atom is 0.258 e. The van der Waals surface area contributed by atoms with E-state index in [0.29, 0.717) is 10.8 Å². The van der Waals surface area contributed by atoms with Gasteiger partial charge in [0.1, 0.15) is 5.75 Å². The molecule has 0 radical (unpaired) electrons.